The molecule has 1 aromatic heterocycles. The zero-order chi connectivity index (χ0) is 14.6. The first kappa shape index (κ1) is 14.5. The average molecular weight is 266 g/mol. The minimum absolute atomic E-state index is 0.00298. The maximum atomic E-state index is 11.4. The number of rotatable bonds is 5. The number of hydrogen-bond donors (Lipinski definition) is 2. The summed E-state index contributed by atoms with van der Waals surface area (Å²) in [5, 5.41) is 2.21. The molecule has 7 heteroatoms. The van der Waals surface area contributed by atoms with Gasteiger partial charge in [0, 0.05) is 0 Å². The Morgan fingerprint density at radius 3 is 2.53 bits per heavy atom. The van der Waals surface area contributed by atoms with Crippen LogP contribution in [-0.2, 0) is 4.74 Å². The van der Waals surface area contributed by atoms with Gasteiger partial charge < -0.3 is 14.9 Å². The van der Waals surface area contributed by atoms with Crippen molar-refractivity contribution in [2.75, 3.05) is 11.9 Å². The number of primary amides is 1. The van der Waals surface area contributed by atoms with Crippen LogP contribution in [0.4, 0.5) is 10.7 Å². The van der Waals surface area contributed by atoms with Crippen molar-refractivity contribution < 1.29 is 23.5 Å². The van der Waals surface area contributed by atoms with Gasteiger partial charge in [0.15, 0.2) is 5.78 Å². The van der Waals surface area contributed by atoms with Gasteiger partial charge in [-0.15, -0.1) is 0 Å². The van der Waals surface area contributed by atoms with Gasteiger partial charge in [-0.3, -0.25) is 14.9 Å². The first-order valence-electron chi connectivity index (χ1n) is 5.37. The van der Waals surface area contributed by atoms with Gasteiger partial charge in [-0.1, -0.05) is 12.7 Å². The number of carbonyl (C=O) groups excluding carboxylic acids is 3. The first-order valence-corrected chi connectivity index (χ1v) is 5.37. The van der Waals surface area contributed by atoms with E-state index in [2.05, 4.69) is 16.6 Å². The van der Waals surface area contributed by atoms with Crippen molar-refractivity contribution in [1.82, 2.24) is 0 Å². The van der Waals surface area contributed by atoms with E-state index in [0.717, 1.165) is 0 Å². The van der Waals surface area contributed by atoms with Crippen LogP contribution in [0.15, 0.2) is 17.1 Å². The summed E-state index contributed by atoms with van der Waals surface area (Å²) in [5.74, 6) is -1.27. The Bertz CT molecular complexity index is 545. The standard InChI is InChI=1S/C12H14N2O5/c1-4-5-18-12(17)14-11-9(10(13)16)8(6(2)15)7(3)19-11/h4H,1,5H2,2-3H3,(H2,13,16)(H,14,17). The lowest BCUT2D eigenvalue weighted by atomic mass is 10.1. The lowest BCUT2D eigenvalue weighted by Gasteiger charge is -2.03. The molecule has 3 N–H and O–H groups in total. The van der Waals surface area contributed by atoms with Crippen LogP contribution in [-0.4, -0.2) is 24.4 Å². The fraction of sp³-hybridized carbons (Fsp3) is 0.250. The van der Waals surface area contributed by atoms with Crippen molar-refractivity contribution in [2.24, 2.45) is 5.73 Å². The minimum atomic E-state index is -0.874. The number of amides is 2. The number of nitrogens with one attached hydrogen (secondary N) is 1. The quantitative estimate of drug-likeness (QED) is 0.621. The van der Waals surface area contributed by atoms with E-state index in [1.54, 1.807) is 0 Å². The molecular formula is C12H14N2O5. The predicted octanol–water partition coefficient (Wildman–Crippen LogP) is 1.62. The summed E-state index contributed by atoms with van der Waals surface area (Å²) in [6, 6.07) is 0. The summed E-state index contributed by atoms with van der Waals surface area (Å²) < 4.78 is 9.83. The molecule has 0 atom stereocenters. The minimum Gasteiger partial charge on any atom is -0.445 e. The van der Waals surface area contributed by atoms with Crippen molar-refractivity contribution in [3.63, 3.8) is 0 Å². The Morgan fingerprint density at radius 1 is 1.42 bits per heavy atom. The number of ketones is 1. The van der Waals surface area contributed by atoms with E-state index < -0.39 is 12.0 Å². The molecular weight excluding hydrogens is 252 g/mol. The van der Waals surface area contributed by atoms with Crippen molar-refractivity contribution in [3.8, 4) is 0 Å². The second kappa shape index (κ2) is 5.85. The SMILES string of the molecule is C=CCOC(=O)Nc1oc(C)c(C(C)=O)c1C(N)=O. The monoisotopic (exact) mass is 266 g/mol. The van der Waals surface area contributed by atoms with Gasteiger partial charge in [0.25, 0.3) is 5.91 Å². The fourth-order valence-electron chi connectivity index (χ4n) is 1.56. The third kappa shape index (κ3) is 3.21. The van der Waals surface area contributed by atoms with Crippen molar-refractivity contribution in [2.45, 2.75) is 13.8 Å². The zero-order valence-electron chi connectivity index (χ0n) is 10.6. The molecule has 0 aliphatic rings. The van der Waals surface area contributed by atoms with Crippen LogP contribution in [0.5, 0.6) is 0 Å². The number of furan rings is 1. The molecule has 0 fully saturated rings. The molecule has 7 nitrogen and oxygen atoms in total. The highest BCUT2D eigenvalue weighted by atomic mass is 16.5. The number of hydrogen-bond acceptors (Lipinski definition) is 5. The highest BCUT2D eigenvalue weighted by molar-refractivity contribution is 6.11. The van der Waals surface area contributed by atoms with E-state index in [-0.39, 0.29) is 35.2 Å². The molecule has 2 amide bonds. The van der Waals surface area contributed by atoms with Gasteiger partial charge in [-0.2, -0.15) is 0 Å². The Hall–Kier alpha value is -2.57. The molecule has 0 radical (unpaired) electrons. The largest absolute Gasteiger partial charge is 0.445 e. The summed E-state index contributed by atoms with van der Waals surface area (Å²) in [6.45, 7) is 6.13. The van der Waals surface area contributed by atoms with Gasteiger partial charge in [-0.05, 0) is 13.8 Å². The number of carbonyl (C=O) groups is 3. The average Bonchev–Trinajstić information content (AvgIpc) is 2.63. The molecule has 0 aliphatic carbocycles. The molecule has 0 spiro atoms. The van der Waals surface area contributed by atoms with E-state index in [4.69, 9.17) is 10.2 Å². The third-order valence-electron chi connectivity index (χ3n) is 2.23. The van der Waals surface area contributed by atoms with E-state index in [1.165, 1.54) is 19.9 Å². The molecule has 0 bridgehead atoms. The van der Waals surface area contributed by atoms with Crippen LogP contribution in [0.1, 0.15) is 33.4 Å². The van der Waals surface area contributed by atoms with Crippen LogP contribution < -0.4 is 11.1 Å². The Morgan fingerprint density at radius 2 is 2.05 bits per heavy atom. The number of aryl methyl sites for hydroxylation is 1. The molecule has 1 heterocycles. The summed E-state index contributed by atoms with van der Waals surface area (Å²) in [4.78, 5) is 34.2. The van der Waals surface area contributed by atoms with Crippen molar-refractivity contribution in [3.05, 3.63) is 29.5 Å². The van der Waals surface area contributed by atoms with Crippen LogP contribution in [0, 0.1) is 6.92 Å². The molecule has 19 heavy (non-hydrogen) atoms. The lowest BCUT2D eigenvalue weighted by molar-refractivity contribution is 0.0974. The summed E-state index contributed by atoms with van der Waals surface area (Å²) in [6.07, 6.45) is 0.537. The first-order chi connectivity index (χ1) is 8.88. The fourth-order valence-corrected chi connectivity index (χ4v) is 1.56. The summed E-state index contributed by atoms with van der Waals surface area (Å²) in [7, 11) is 0. The molecule has 102 valence electrons. The number of nitrogens with two attached hydrogens (primary N) is 1. The maximum absolute atomic E-state index is 11.4. The predicted molar refractivity (Wildman–Crippen MR) is 67.1 cm³/mol. The number of ether oxygens (including phenoxy) is 1. The van der Waals surface area contributed by atoms with E-state index >= 15 is 0 Å². The van der Waals surface area contributed by atoms with Gasteiger partial charge >= 0.3 is 6.09 Å². The highest BCUT2D eigenvalue weighted by Gasteiger charge is 2.26. The Balaban J connectivity index is 3.11. The second-order valence-electron chi connectivity index (χ2n) is 3.67. The van der Waals surface area contributed by atoms with Crippen LogP contribution in [0.3, 0.4) is 0 Å². The molecule has 1 rings (SSSR count). The lowest BCUT2D eigenvalue weighted by Crippen LogP contribution is -2.19. The smallest absolute Gasteiger partial charge is 0.414 e. The third-order valence-corrected chi connectivity index (χ3v) is 2.23. The maximum Gasteiger partial charge on any atom is 0.414 e. The number of anilines is 1. The topological polar surface area (TPSA) is 112 Å². The molecule has 0 unspecified atom stereocenters. The molecule has 1 aromatic rings. The van der Waals surface area contributed by atoms with Crippen LogP contribution >= 0.6 is 0 Å². The highest BCUT2D eigenvalue weighted by Crippen LogP contribution is 2.27. The van der Waals surface area contributed by atoms with Crippen LogP contribution in [0.2, 0.25) is 0 Å². The zero-order valence-corrected chi connectivity index (χ0v) is 10.6. The van der Waals surface area contributed by atoms with Gasteiger partial charge in [0.2, 0.25) is 5.88 Å². The van der Waals surface area contributed by atoms with Crippen LogP contribution in [0.25, 0.3) is 0 Å². The summed E-state index contributed by atoms with van der Waals surface area (Å²) >= 11 is 0. The second-order valence-corrected chi connectivity index (χ2v) is 3.67. The molecule has 0 saturated heterocycles. The van der Waals surface area contributed by atoms with Crippen molar-refractivity contribution >= 4 is 23.7 Å². The van der Waals surface area contributed by atoms with E-state index in [1.807, 2.05) is 0 Å². The molecule has 0 aromatic carbocycles. The van der Waals surface area contributed by atoms with E-state index in [0.29, 0.717) is 0 Å². The van der Waals surface area contributed by atoms with Gasteiger partial charge in [-0.25, -0.2) is 4.79 Å². The normalized spacial score (nSPS) is 9.79. The Labute approximate surface area is 109 Å². The number of Topliss-reactive ketones (excluding diaryl/α,β-unsaturated/α-hetero) is 1. The summed E-state index contributed by atoms with van der Waals surface area (Å²) in [5.41, 5.74) is 5.06. The van der Waals surface area contributed by atoms with E-state index in [9.17, 15) is 14.4 Å². The van der Waals surface area contributed by atoms with Gasteiger partial charge in [0.1, 0.15) is 17.9 Å². The molecule has 0 aliphatic heterocycles. The van der Waals surface area contributed by atoms with Crippen molar-refractivity contribution in [1.29, 1.82) is 0 Å². The molecule has 0 saturated carbocycles. The van der Waals surface area contributed by atoms with Gasteiger partial charge in [0.05, 0.1) is 5.56 Å². The Kier molecular flexibility index (Phi) is 4.46.